The van der Waals surface area contributed by atoms with Crippen LogP contribution in [0.5, 0.6) is 0 Å². The van der Waals surface area contributed by atoms with Crippen LogP contribution in [0.3, 0.4) is 0 Å². The molecule has 164 valence electrons. The molecule has 3 aromatic rings. The van der Waals surface area contributed by atoms with Crippen molar-refractivity contribution >= 4 is 5.91 Å². The number of rotatable bonds is 7. The summed E-state index contributed by atoms with van der Waals surface area (Å²) in [7, 11) is 0. The zero-order valence-electron chi connectivity index (χ0n) is 18.1. The molecule has 7 nitrogen and oxygen atoms in total. The Labute approximate surface area is 187 Å². The topological polar surface area (TPSA) is 103 Å². The predicted octanol–water partition coefficient (Wildman–Crippen LogP) is 3.65. The standard InChI is InChI=1S/C25H27N5O2/c1-17(15-26)28-25(31)21-4-2-3-20(13-21)24-14-23(29-30-24)19-7-5-18(6-8-19)16-27-22-9-11-32-12-10-22/h2-8,13-14,17,22,27H,9-12,16H2,1H3,(H,28,31)(H,29,30). The lowest BCUT2D eigenvalue weighted by molar-refractivity contribution is 0.0776. The van der Waals surface area contributed by atoms with E-state index in [1.807, 2.05) is 24.3 Å². The summed E-state index contributed by atoms with van der Waals surface area (Å²) in [5.41, 5.74) is 5.29. The first kappa shape index (κ1) is 21.8. The minimum atomic E-state index is -0.544. The molecule has 2 aromatic carbocycles. The first-order chi connectivity index (χ1) is 15.6. The number of amides is 1. The summed E-state index contributed by atoms with van der Waals surface area (Å²) < 4.78 is 5.41. The van der Waals surface area contributed by atoms with E-state index in [-0.39, 0.29) is 5.91 Å². The molecule has 1 amide bonds. The van der Waals surface area contributed by atoms with Crippen LogP contribution in [0.2, 0.25) is 0 Å². The molecule has 0 saturated carbocycles. The van der Waals surface area contributed by atoms with Crippen molar-refractivity contribution in [2.24, 2.45) is 0 Å². The lowest BCUT2D eigenvalue weighted by atomic mass is 10.0. The Morgan fingerprint density at radius 3 is 2.72 bits per heavy atom. The van der Waals surface area contributed by atoms with Gasteiger partial charge in [-0.3, -0.25) is 9.89 Å². The first-order valence-corrected chi connectivity index (χ1v) is 10.9. The average Bonchev–Trinajstić information content (AvgIpc) is 3.34. The molecule has 0 spiro atoms. The minimum Gasteiger partial charge on any atom is -0.381 e. The van der Waals surface area contributed by atoms with Crippen LogP contribution in [-0.4, -0.2) is 41.4 Å². The molecule has 0 radical (unpaired) electrons. The third-order valence-electron chi connectivity index (χ3n) is 5.62. The summed E-state index contributed by atoms with van der Waals surface area (Å²) in [5, 5.41) is 22.7. The fourth-order valence-electron chi connectivity index (χ4n) is 3.72. The van der Waals surface area contributed by atoms with Crippen molar-refractivity contribution in [3.63, 3.8) is 0 Å². The lowest BCUT2D eigenvalue weighted by Gasteiger charge is -2.23. The van der Waals surface area contributed by atoms with Crippen molar-refractivity contribution in [1.82, 2.24) is 20.8 Å². The molecule has 4 rings (SSSR count). The summed E-state index contributed by atoms with van der Waals surface area (Å²) in [6, 6.07) is 19.6. The van der Waals surface area contributed by atoms with Gasteiger partial charge in [0.1, 0.15) is 6.04 Å². The van der Waals surface area contributed by atoms with Gasteiger partial charge in [-0.05, 0) is 49.1 Å². The van der Waals surface area contributed by atoms with Gasteiger partial charge >= 0.3 is 0 Å². The number of benzene rings is 2. The summed E-state index contributed by atoms with van der Waals surface area (Å²) in [6.07, 6.45) is 2.13. The van der Waals surface area contributed by atoms with Crippen LogP contribution in [0.15, 0.2) is 54.6 Å². The third kappa shape index (κ3) is 5.41. The number of nitrogens with one attached hydrogen (secondary N) is 3. The number of nitriles is 1. The van der Waals surface area contributed by atoms with Crippen LogP contribution < -0.4 is 10.6 Å². The molecular weight excluding hydrogens is 402 g/mol. The minimum absolute atomic E-state index is 0.276. The molecular formula is C25H27N5O2. The van der Waals surface area contributed by atoms with Gasteiger partial charge < -0.3 is 15.4 Å². The van der Waals surface area contributed by atoms with Gasteiger partial charge in [0.2, 0.25) is 0 Å². The normalized spacial score (nSPS) is 15.1. The molecule has 0 bridgehead atoms. The number of aromatic nitrogens is 2. The Morgan fingerprint density at radius 2 is 1.97 bits per heavy atom. The molecule has 1 aromatic heterocycles. The van der Waals surface area contributed by atoms with E-state index in [0.717, 1.165) is 55.1 Å². The maximum absolute atomic E-state index is 12.3. The number of aromatic amines is 1. The van der Waals surface area contributed by atoms with Crippen molar-refractivity contribution in [3.05, 3.63) is 65.7 Å². The Balaban J connectivity index is 1.42. The second-order valence-corrected chi connectivity index (χ2v) is 8.04. The van der Waals surface area contributed by atoms with Crippen LogP contribution in [0.1, 0.15) is 35.7 Å². The SMILES string of the molecule is CC(C#N)NC(=O)c1cccc(-c2cc(-c3ccc(CNC4CCOCC4)cc3)[nH]n2)c1. The zero-order valence-corrected chi connectivity index (χ0v) is 18.1. The summed E-state index contributed by atoms with van der Waals surface area (Å²) in [5.74, 6) is -0.276. The fourth-order valence-corrected chi connectivity index (χ4v) is 3.72. The van der Waals surface area contributed by atoms with Crippen LogP contribution in [-0.2, 0) is 11.3 Å². The second kappa shape index (κ2) is 10.2. The predicted molar refractivity (Wildman–Crippen MR) is 123 cm³/mol. The van der Waals surface area contributed by atoms with Gasteiger partial charge in [0, 0.05) is 36.9 Å². The zero-order chi connectivity index (χ0) is 22.3. The Bertz CT molecular complexity index is 1090. The number of H-pyrrole nitrogens is 1. The Hall–Kier alpha value is -3.47. The molecule has 1 aliphatic heterocycles. The van der Waals surface area contributed by atoms with E-state index in [0.29, 0.717) is 11.6 Å². The Morgan fingerprint density at radius 1 is 1.19 bits per heavy atom. The monoisotopic (exact) mass is 429 g/mol. The van der Waals surface area contributed by atoms with E-state index in [4.69, 9.17) is 10.00 Å². The van der Waals surface area contributed by atoms with Gasteiger partial charge in [-0.2, -0.15) is 10.4 Å². The maximum atomic E-state index is 12.3. The Kier molecular flexibility index (Phi) is 6.95. The maximum Gasteiger partial charge on any atom is 0.252 e. The van der Waals surface area contributed by atoms with E-state index < -0.39 is 6.04 Å². The van der Waals surface area contributed by atoms with Crippen LogP contribution >= 0.6 is 0 Å². The second-order valence-electron chi connectivity index (χ2n) is 8.04. The largest absolute Gasteiger partial charge is 0.381 e. The first-order valence-electron chi connectivity index (χ1n) is 10.9. The summed E-state index contributed by atoms with van der Waals surface area (Å²) in [6.45, 7) is 4.17. The molecule has 1 unspecified atom stereocenters. The van der Waals surface area contributed by atoms with E-state index in [2.05, 4.69) is 45.1 Å². The van der Waals surface area contributed by atoms with E-state index in [1.54, 1.807) is 19.1 Å². The summed E-state index contributed by atoms with van der Waals surface area (Å²) in [4.78, 5) is 12.3. The highest BCUT2D eigenvalue weighted by molar-refractivity contribution is 5.95. The van der Waals surface area contributed by atoms with Crippen molar-refractivity contribution < 1.29 is 9.53 Å². The number of ether oxygens (including phenoxy) is 1. The number of carbonyl (C=O) groups is 1. The van der Waals surface area contributed by atoms with E-state index in [1.165, 1.54) is 5.56 Å². The quantitative estimate of drug-likeness (QED) is 0.532. The third-order valence-corrected chi connectivity index (χ3v) is 5.62. The van der Waals surface area contributed by atoms with E-state index in [9.17, 15) is 4.79 Å². The van der Waals surface area contributed by atoms with Crippen molar-refractivity contribution in [1.29, 1.82) is 5.26 Å². The smallest absolute Gasteiger partial charge is 0.252 e. The van der Waals surface area contributed by atoms with Crippen molar-refractivity contribution in [2.75, 3.05) is 13.2 Å². The molecule has 2 heterocycles. The number of nitrogens with zero attached hydrogens (tertiary/aromatic N) is 2. The van der Waals surface area contributed by atoms with Crippen molar-refractivity contribution in [2.45, 2.75) is 38.4 Å². The van der Waals surface area contributed by atoms with Gasteiger partial charge in [-0.25, -0.2) is 0 Å². The highest BCUT2D eigenvalue weighted by Crippen LogP contribution is 2.25. The highest BCUT2D eigenvalue weighted by atomic mass is 16.5. The molecule has 1 fully saturated rings. The van der Waals surface area contributed by atoms with E-state index >= 15 is 0 Å². The van der Waals surface area contributed by atoms with Crippen LogP contribution in [0.4, 0.5) is 0 Å². The molecule has 1 atom stereocenters. The highest BCUT2D eigenvalue weighted by Gasteiger charge is 2.14. The lowest BCUT2D eigenvalue weighted by Crippen LogP contribution is -2.34. The van der Waals surface area contributed by atoms with Gasteiger partial charge in [0.25, 0.3) is 5.91 Å². The van der Waals surface area contributed by atoms with Crippen LogP contribution in [0.25, 0.3) is 22.5 Å². The number of hydrogen-bond donors (Lipinski definition) is 3. The molecule has 1 aliphatic rings. The molecule has 0 aliphatic carbocycles. The fraction of sp³-hybridized carbons (Fsp3) is 0.320. The van der Waals surface area contributed by atoms with Gasteiger partial charge in [-0.15, -0.1) is 0 Å². The average molecular weight is 430 g/mol. The van der Waals surface area contributed by atoms with Crippen molar-refractivity contribution in [3.8, 4) is 28.6 Å². The van der Waals surface area contributed by atoms with Gasteiger partial charge in [0.05, 0.1) is 17.5 Å². The van der Waals surface area contributed by atoms with Gasteiger partial charge in [-0.1, -0.05) is 36.4 Å². The number of hydrogen-bond acceptors (Lipinski definition) is 5. The molecule has 7 heteroatoms. The molecule has 32 heavy (non-hydrogen) atoms. The molecule has 3 N–H and O–H groups in total. The molecule has 1 saturated heterocycles. The summed E-state index contributed by atoms with van der Waals surface area (Å²) >= 11 is 0. The van der Waals surface area contributed by atoms with Crippen LogP contribution in [0, 0.1) is 11.3 Å². The van der Waals surface area contributed by atoms with Gasteiger partial charge in [0.15, 0.2) is 0 Å². The number of carbonyl (C=O) groups excluding carboxylic acids is 1.